The molecule has 0 saturated carbocycles. The van der Waals surface area contributed by atoms with E-state index in [2.05, 4.69) is 20.1 Å². The molecule has 0 radical (unpaired) electrons. The molecule has 0 fully saturated rings. The van der Waals surface area contributed by atoms with Crippen LogP contribution in [0, 0.1) is 0 Å². The van der Waals surface area contributed by atoms with Crippen LogP contribution in [0.15, 0.2) is 25.3 Å². The molecule has 2 nitrogen and oxygen atoms in total. The minimum absolute atomic E-state index is 0.0296. The van der Waals surface area contributed by atoms with Crippen LogP contribution in [-0.4, -0.2) is 12.1 Å². The van der Waals surface area contributed by atoms with Gasteiger partial charge in [-0.05, 0) is 6.42 Å². The summed E-state index contributed by atoms with van der Waals surface area (Å²) in [6, 6.07) is 0. The molecule has 0 rings (SSSR count). The number of carbonyl (C=O) groups is 1. The summed E-state index contributed by atoms with van der Waals surface area (Å²) in [5.74, 6) is -0.352. The van der Waals surface area contributed by atoms with E-state index in [0.717, 1.165) is 12.8 Å². The molecule has 0 aromatic heterocycles. The SMILES string of the molecule is C=CCC(CCC)OC(=O)C=C. The van der Waals surface area contributed by atoms with E-state index in [1.165, 1.54) is 6.08 Å². The molecule has 0 N–H and O–H groups in total. The average molecular weight is 168 g/mol. The van der Waals surface area contributed by atoms with Crippen LogP contribution in [0.5, 0.6) is 0 Å². The maximum absolute atomic E-state index is 10.8. The van der Waals surface area contributed by atoms with Crippen molar-refractivity contribution < 1.29 is 9.53 Å². The van der Waals surface area contributed by atoms with E-state index in [-0.39, 0.29) is 12.1 Å². The van der Waals surface area contributed by atoms with Gasteiger partial charge in [0.2, 0.25) is 0 Å². The molecule has 12 heavy (non-hydrogen) atoms. The van der Waals surface area contributed by atoms with Gasteiger partial charge >= 0.3 is 5.97 Å². The monoisotopic (exact) mass is 168 g/mol. The number of rotatable bonds is 6. The van der Waals surface area contributed by atoms with Gasteiger partial charge in [-0.25, -0.2) is 4.79 Å². The molecule has 0 aromatic rings. The van der Waals surface area contributed by atoms with Gasteiger partial charge in [-0.1, -0.05) is 26.0 Å². The Morgan fingerprint density at radius 1 is 1.58 bits per heavy atom. The van der Waals surface area contributed by atoms with Crippen molar-refractivity contribution in [3.8, 4) is 0 Å². The fraction of sp³-hybridized carbons (Fsp3) is 0.500. The Bertz CT molecular complexity index is 161. The molecule has 0 spiro atoms. The Labute approximate surface area is 73.9 Å². The zero-order valence-electron chi connectivity index (χ0n) is 7.58. The van der Waals surface area contributed by atoms with Crippen molar-refractivity contribution in [2.75, 3.05) is 0 Å². The molecular formula is C10H16O2. The first-order chi connectivity index (χ1) is 5.74. The second kappa shape index (κ2) is 6.65. The average Bonchev–Trinajstić information content (AvgIpc) is 2.05. The van der Waals surface area contributed by atoms with Gasteiger partial charge in [-0.3, -0.25) is 0 Å². The van der Waals surface area contributed by atoms with Gasteiger partial charge < -0.3 is 4.74 Å². The van der Waals surface area contributed by atoms with Gasteiger partial charge in [0.1, 0.15) is 6.10 Å². The Balaban J connectivity index is 3.83. The van der Waals surface area contributed by atoms with Gasteiger partial charge in [-0.2, -0.15) is 0 Å². The molecule has 0 amide bonds. The Kier molecular flexibility index (Phi) is 6.07. The quantitative estimate of drug-likeness (QED) is 0.346. The molecule has 2 heteroatoms. The van der Waals surface area contributed by atoms with Gasteiger partial charge in [0.25, 0.3) is 0 Å². The van der Waals surface area contributed by atoms with E-state index in [1.54, 1.807) is 6.08 Å². The van der Waals surface area contributed by atoms with E-state index in [0.29, 0.717) is 6.42 Å². The Morgan fingerprint density at radius 2 is 2.25 bits per heavy atom. The molecule has 0 bridgehead atoms. The second-order valence-corrected chi connectivity index (χ2v) is 2.58. The van der Waals surface area contributed by atoms with Gasteiger partial charge in [0.15, 0.2) is 0 Å². The maximum atomic E-state index is 10.8. The molecule has 0 aliphatic rings. The van der Waals surface area contributed by atoms with E-state index >= 15 is 0 Å². The number of hydrogen-bond acceptors (Lipinski definition) is 2. The second-order valence-electron chi connectivity index (χ2n) is 2.58. The third-order valence-corrected chi connectivity index (χ3v) is 1.49. The maximum Gasteiger partial charge on any atom is 0.330 e. The molecule has 0 aliphatic heterocycles. The Morgan fingerprint density at radius 3 is 2.67 bits per heavy atom. The lowest BCUT2D eigenvalue weighted by Crippen LogP contribution is -2.15. The van der Waals surface area contributed by atoms with Gasteiger partial charge in [0, 0.05) is 12.5 Å². The molecule has 1 atom stereocenters. The van der Waals surface area contributed by atoms with Crippen LogP contribution in [0.2, 0.25) is 0 Å². The highest BCUT2D eigenvalue weighted by Crippen LogP contribution is 2.07. The first-order valence-electron chi connectivity index (χ1n) is 4.18. The highest BCUT2D eigenvalue weighted by Gasteiger charge is 2.08. The summed E-state index contributed by atoms with van der Waals surface area (Å²) in [7, 11) is 0. The number of esters is 1. The molecule has 0 heterocycles. The smallest absolute Gasteiger partial charge is 0.330 e. The molecule has 1 unspecified atom stereocenters. The van der Waals surface area contributed by atoms with Crippen molar-refractivity contribution in [1.82, 2.24) is 0 Å². The van der Waals surface area contributed by atoms with Crippen molar-refractivity contribution in [2.24, 2.45) is 0 Å². The van der Waals surface area contributed by atoms with Crippen LogP contribution >= 0.6 is 0 Å². The zero-order chi connectivity index (χ0) is 9.40. The minimum atomic E-state index is -0.352. The summed E-state index contributed by atoms with van der Waals surface area (Å²) in [6.45, 7) is 8.99. The Hall–Kier alpha value is -1.05. The molecule has 68 valence electrons. The van der Waals surface area contributed by atoms with Crippen LogP contribution in [0.1, 0.15) is 26.2 Å². The van der Waals surface area contributed by atoms with E-state index in [4.69, 9.17) is 4.74 Å². The summed E-state index contributed by atoms with van der Waals surface area (Å²) in [4.78, 5) is 10.8. The summed E-state index contributed by atoms with van der Waals surface area (Å²) in [6.07, 6.45) is 5.52. The first kappa shape index (κ1) is 11.0. The highest BCUT2D eigenvalue weighted by molar-refractivity contribution is 5.81. The predicted octanol–water partition coefficient (Wildman–Crippen LogP) is 2.46. The molecular weight excluding hydrogens is 152 g/mol. The molecule has 0 aromatic carbocycles. The number of hydrogen-bond donors (Lipinski definition) is 0. The summed E-state index contributed by atoms with van der Waals surface area (Å²) >= 11 is 0. The lowest BCUT2D eigenvalue weighted by molar-refractivity contribution is -0.143. The van der Waals surface area contributed by atoms with Crippen LogP contribution in [0.3, 0.4) is 0 Å². The van der Waals surface area contributed by atoms with Crippen molar-refractivity contribution in [1.29, 1.82) is 0 Å². The lowest BCUT2D eigenvalue weighted by Gasteiger charge is -2.13. The largest absolute Gasteiger partial charge is 0.459 e. The van der Waals surface area contributed by atoms with Crippen LogP contribution in [0.25, 0.3) is 0 Å². The summed E-state index contributed by atoms with van der Waals surface area (Å²) in [5.41, 5.74) is 0. The van der Waals surface area contributed by atoms with E-state index < -0.39 is 0 Å². The van der Waals surface area contributed by atoms with Crippen LogP contribution in [-0.2, 0) is 9.53 Å². The zero-order valence-corrected chi connectivity index (χ0v) is 7.58. The highest BCUT2D eigenvalue weighted by atomic mass is 16.5. The predicted molar refractivity (Wildman–Crippen MR) is 49.8 cm³/mol. The number of carbonyl (C=O) groups excluding carboxylic acids is 1. The summed E-state index contributed by atoms with van der Waals surface area (Å²) in [5, 5.41) is 0. The molecule has 0 aliphatic carbocycles. The van der Waals surface area contributed by atoms with E-state index in [1.807, 2.05) is 0 Å². The van der Waals surface area contributed by atoms with Crippen molar-refractivity contribution >= 4 is 5.97 Å². The van der Waals surface area contributed by atoms with Crippen molar-refractivity contribution in [2.45, 2.75) is 32.3 Å². The lowest BCUT2D eigenvalue weighted by atomic mass is 10.1. The molecule has 0 saturated heterocycles. The van der Waals surface area contributed by atoms with Gasteiger partial charge in [-0.15, -0.1) is 6.58 Å². The van der Waals surface area contributed by atoms with Crippen LogP contribution < -0.4 is 0 Å². The third kappa shape index (κ3) is 4.72. The first-order valence-corrected chi connectivity index (χ1v) is 4.18. The summed E-state index contributed by atoms with van der Waals surface area (Å²) < 4.78 is 5.05. The van der Waals surface area contributed by atoms with Gasteiger partial charge in [0.05, 0.1) is 0 Å². The standard InChI is InChI=1S/C10H16O2/c1-4-7-9(8-5-2)12-10(11)6-3/h4,6,9H,1,3,5,7-8H2,2H3. The topological polar surface area (TPSA) is 26.3 Å². The third-order valence-electron chi connectivity index (χ3n) is 1.49. The minimum Gasteiger partial charge on any atom is -0.459 e. The normalized spacial score (nSPS) is 11.8. The van der Waals surface area contributed by atoms with Crippen LogP contribution in [0.4, 0.5) is 0 Å². The fourth-order valence-corrected chi connectivity index (χ4v) is 0.945. The van der Waals surface area contributed by atoms with Crippen molar-refractivity contribution in [3.63, 3.8) is 0 Å². The number of ether oxygens (including phenoxy) is 1. The fourth-order valence-electron chi connectivity index (χ4n) is 0.945. The van der Waals surface area contributed by atoms with E-state index in [9.17, 15) is 4.79 Å². The van der Waals surface area contributed by atoms with Crippen molar-refractivity contribution in [3.05, 3.63) is 25.3 Å².